The maximum absolute atomic E-state index is 13.5. The largest absolute Gasteiger partial charge is 0.497 e. The lowest BCUT2D eigenvalue weighted by atomic mass is 10.1. The van der Waals surface area contributed by atoms with Gasteiger partial charge in [-0.25, -0.2) is 8.42 Å². The van der Waals surface area contributed by atoms with Gasteiger partial charge in [-0.1, -0.05) is 12.1 Å². The van der Waals surface area contributed by atoms with Crippen LogP contribution in [0.3, 0.4) is 0 Å². The van der Waals surface area contributed by atoms with Gasteiger partial charge in [0.25, 0.3) is 0 Å². The van der Waals surface area contributed by atoms with E-state index < -0.39 is 16.1 Å². The monoisotopic (exact) mass is 501 g/mol. The van der Waals surface area contributed by atoms with E-state index in [-0.39, 0.29) is 17.6 Å². The first-order valence-electron chi connectivity index (χ1n) is 11.9. The Kier molecular flexibility index (Phi) is 6.61. The molecule has 3 aliphatic rings. The molecule has 2 aromatic carbocycles. The molecule has 0 bridgehead atoms. The quantitative estimate of drug-likeness (QED) is 0.600. The molecule has 2 fully saturated rings. The second-order valence-electron chi connectivity index (χ2n) is 9.19. The molecular weight excluding hydrogens is 470 g/mol. The SMILES string of the molecule is COc1ccc(C)c(S(=O)(=O)N2CCC[C@@H]2C(=O)N2CCN(Cc3ccc4c(c3)OCO4)CC2)c1. The minimum absolute atomic E-state index is 0.102. The van der Waals surface area contributed by atoms with Crippen molar-refractivity contribution < 1.29 is 27.4 Å². The lowest BCUT2D eigenvalue weighted by Crippen LogP contribution is -2.54. The molecule has 0 unspecified atom stereocenters. The highest BCUT2D eigenvalue weighted by molar-refractivity contribution is 7.89. The first-order valence-corrected chi connectivity index (χ1v) is 13.4. The summed E-state index contributed by atoms with van der Waals surface area (Å²) < 4.78 is 44.5. The second kappa shape index (κ2) is 9.67. The van der Waals surface area contributed by atoms with Gasteiger partial charge >= 0.3 is 0 Å². The van der Waals surface area contributed by atoms with Crippen LogP contribution in [0.25, 0.3) is 0 Å². The third-order valence-corrected chi connectivity index (χ3v) is 9.05. The maximum atomic E-state index is 13.5. The summed E-state index contributed by atoms with van der Waals surface area (Å²) in [7, 11) is -2.31. The second-order valence-corrected chi connectivity index (χ2v) is 11.1. The van der Waals surface area contributed by atoms with Crippen molar-refractivity contribution in [3.8, 4) is 17.2 Å². The molecule has 0 aliphatic carbocycles. The van der Waals surface area contributed by atoms with Gasteiger partial charge in [-0.3, -0.25) is 9.69 Å². The summed E-state index contributed by atoms with van der Waals surface area (Å²) >= 11 is 0. The Morgan fingerprint density at radius 2 is 1.80 bits per heavy atom. The molecule has 0 spiro atoms. The number of ether oxygens (including phenoxy) is 3. The zero-order valence-electron chi connectivity index (χ0n) is 20.1. The fourth-order valence-electron chi connectivity index (χ4n) is 5.02. The average Bonchev–Trinajstić information content (AvgIpc) is 3.54. The minimum atomic E-state index is -3.82. The third-order valence-electron chi connectivity index (χ3n) is 7.00. The highest BCUT2D eigenvalue weighted by atomic mass is 32.2. The van der Waals surface area contributed by atoms with Crippen molar-refractivity contribution in [1.29, 1.82) is 0 Å². The number of hydrogen-bond donors (Lipinski definition) is 0. The number of rotatable bonds is 6. The van der Waals surface area contributed by atoms with Crippen molar-refractivity contribution in [1.82, 2.24) is 14.1 Å². The van der Waals surface area contributed by atoms with Crippen molar-refractivity contribution in [3.63, 3.8) is 0 Å². The number of carbonyl (C=O) groups is 1. The number of hydrogen-bond acceptors (Lipinski definition) is 7. The molecule has 10 heteroatoms. The summed E-state index contributed by atoms with van der Waals surface area (Å²) in [5.41, 5.74) is 1.77. The van der Waals surface area contributed by atoms with Crippen LogP contribution >= 0.6 is 0 Å². The Labute approximate surface area is 206 Å². The van der Waals surface area contributed by atoms with Gasteiger partial charge in [0.15, 0.2) is 11.5 Å². The number of sulfonamides is 1. The predicted molar refractivity (Wildman–Crippen MR) is 129 cm³/mol. The highest BCUT2D eigenvalue weighted by Crippen LogP contribution is 2.33. The van der Waals surface area contributed by atoms with Crippen molar-refractivity contribution in [3.05, 3.63) is 47.5 Å². The Morgan fingerprint density at radius 3 is 2.57 bits per heavy atom. The summed E-state index contributed by atoms with van der Waals surface area (Å²) in [4.78, 5) is 17.7. The highest BCUT2D eigenvalue weighted by Gasteiger charge is 2.42. The van der Waals surface area contributed by atoms with Crippen LogP contribution in [0.5, 0.6) is 17.2 Å². The van der Waals surface area contributed by atoms with Crippen LogP contribution in [-0.4, -0.2) is 81.1 Å². The Morgan fingerprint density at radius 1 is 1.03 bits per heavy atom. The normalized spacial score (nSPS) is 20.9. The van der Waals surface area contributed by atoms with E-state index >= 15 is 0 Å². The third kappa shape index (κ3) is 4.70. The van der Waals surface area contributed by atoms with E-state index in [4.69, 9.17) is 14.2 Å². The lowest BCUT2D eigenvalue weighted by Gasteiger charge is -2.37. The molecule has 1 amide bonds. The summed E-state index contributed by atoms with van der Waals surface area (Å²) in [6, 6.07) is 10.3. The molecular formula is C25H31N3O6S. The van der Waals surface area contributed by atoms with Crippen LogP contribution < -0.4 is 14.2 Å². The zero-order chi connectivity index (χ0) is 24.6. The Hall–Kier alpha value is -2.82. The molecule has 3 heterocycles. The summed E-state index contributed by atoms with van der Waals surface area (Å²) in [5.74, 6) is 1.92. The number of fused-ring (bicyclic) bond motifs is 1. The average molecular weight is 502 g/mol. The van der Waals surface area contributed by atoms with E-state index in [1.165, 1.54) is 11.4 Å². The molecule has 0 N–H and O–H groups in total. The first kappa shape index (κ1) is 23.9. The molecule has 0 saturated carbocycles. The Balaban J connectivity index is 1.23. The number of methoxy groups -OCH3 is 1. The van der Waals surface area contributed by atoms with Crippen molar-refractivity contribution >= 4 is 15.9 Å². The number of aryl methyl sites for hydroxylation is 1. The van der Waals surface area contributed by atoms with E-state index in [1.54, 1.807) is 25.1 Å². The number of piperazine rings is 1. The molecule has 2 aromatic rings. The van der Waals surface area contributed by atoms with Crippen LogP contribution in [0.2, 0.25) is 0 Å². The van der Waals surface area contributed by atoms with E-state index in [0.717, 1.165) is 36.7 Å². The van der Waals surface area contributed by atoms with Crippen molar-refractivity contribution in [2.75, 3.05) is 46.6 Å². The number of carbonyl (C=O) groups excluding carboxylic acids is 1. The van der Waals surface area contributed by atoms with Crippen LogP contribution in [0.1, 0.15) is 24.0 Å². The fraction of sp³-hybridized carbons (Fsp3) is 0.480. The number of nitrogens with zero attached hydrogens (tertiary/aromatic N) is 3. The molecule has 2 saturated heterocycles. The van der Waals surface area contributed by atoms with Gasteiger partial charge < -0.3 is 19.1 Å². The Bertz CT molecular complexity index is 1210. The number of amides is 1. The molecule has 5 rings (SSSR count). The molecule has 3 aliphatic heterocycles. The van der Waals surface area contributed by atoms with Crippen molar-refractivity contribution in [2.24, 2.45) is 0 Å². The lowest BCUT2D eigenvalue weighted by molar-refractivity contribution is -0.136. The van der Waals surface area contributed by atoms with Gasteiger partial charge in [0.2, 0.25) is 22.7 Å². The number of benzene rings is 2. The smallest absolute Gasteiger partial charge is 0.244 e. The van der Waals surface area contributed by atoms with Crippen LogP contribution in [0.4, 0.5) is 0 Å². The molecule has 35 heavy (non-hydrogen) atoms. The van der Waals surface area contributed by atoms with Gasteiger partial charge in [-0.15, -0.1) is 0 Å². The molecule has 1 atom stereocenters. The predicted octanol–water partition coefficient (Wildman–Crippen LogP) is 2.23. The van der Waals surface area contributed by atoms with E-state index in [1.807, 2.05) is 23.1 Å². The van der Waals surface area contributed by atoms with Gasteiger partial charge in [0.1, 0.15) is 11.8 Å². The van der Waals surface area contributed by atoms with Gasteiger partial charge in [0, 0.05) is 45.3 Å². The summed E-state index contributed by atoms with van der Waals surface area (Å²) in [5, 5.41) is 0. The van der Waals surface area contributed by atoms with E-state index in [2.05, 4.69) is 4.90 Å². The standard InChI is InChI=1S/C25H31N3O6S/c1-18-5-7-20(32-2)15-24(18)35(30,31)28-9-3-4-21(28)25(29)27-12-10-26(11-13-27)16-19-6-8-22-23(14-19)34-17-33-22/h5-8,14-15,21H,3-4,9-13,16-17H2,1-2H3/t21-/m1/s1. The maximum Gasteiger partial charge on any atom is 0.244 e. The fourth-order valence-corrected chi connectivity index (χ4v) is 6.91. The topological polar surface area (TPSA) is 88.6 Å². The summed E-state index contributed by atoms with van der Waals surface area (Å²) in [6.07, 6.45) is 1.21. The molecule has 9 nitrogen and oxygen atoms in total. The van der Waals surface area contributed by atoms with Gasteiger partial charge in [-0.05, 0) is 49.1 Å². The molecule has 0 radical (unpaired) electrons. The minimum Gasteiger partial charge on any atom is -0.497 e. The summed E-state index contributed by atoms with van der Waals surface area (Å²) in [6.45, 7) is 5.74. The van der Waals surface area contributed by atoms with Gasteiger partial charge in [0.05, 0.1) is 12.0 Å². The van der Waals surface area contributed by atoms with Crippen LogP contribution in [0, 0.1) is 6.92 Å². The first-order chi connectivity index (χ1) is 16.9. The van der Waals surface area contributed by atoms with Crippen LogP contribution in [-0.2, 0) is 21.4 Å². The molecule has 0 aromatic heterocycles. The van der Waals surface area contributed by atoms with Crippen LogP contribution in [0.15, 0.2) is 41.3 Å². The van der Waals surface area contributed by atoms with Gasteiger partial charge in [-0.2, -0.15) is 4.31 Å². The van der Waals surface area contributed by atoms with Crippen molar-refractivity contribution in [2.45, 2.75) is 37.2 Å². The molecule has 188 valence electrons. The van der Waals surface area contributed by atoms with E-state index in [0.29, 0.717) is 43.8 Å². The zero-order valence-corrected chi connectivity index (χ0v) is 20.9. The van der Waals surface area contributed by atoms with E-state index in [9.17, 15) is 13.2 Å².